The minimum atomic E-state index is 0.770. The van der Waals surface area contributed by atoms with Gasteiger partial charge in [0.1, 0.15) is 11.5 Å². The number of hydrogen-bond donors (Lipinski definition) is 0. The van der Waals surface area contributed by atoms with E-state index in [1.54, 1.807) is 7.11 Å². The third-order valence-electron chi connectivity index (χ3n) is 3.51. The van der Waals surface area contributed by atoms with Crippen molar-refractivity contribution in [3.63, 3.8) is 0 Å². The van der Waals surface area contributed by atoms with E-state index in [0.29, 0.717) is 0 Å². The van der Waals surface area contributed by atoms with Crippen molar-refractivity contribution in [2.75, 3.05) is 13.7 Å². The Bertz CT molecular complexity index is 408. The number of ether oxygens (including phenoxy) is 2. The fourth-order valence-corrected chi connectivity index (χ4v) is 3.12. The first-order valence-electron chi connectivity index (χ1n) is 7.71. The van der Waals surface area contributed by atoms with Gasteiger partial charge in [-0.2, -0.15) is 0 Å². The van der Waals surface area contributed by atoms with Gasteiger partial charge in [0.25, 0.3) is 0 Å². The molecule has 0 aliphatic carbocycles. The maximum atomic E-state index is 5.97. The number of rotatable bonds is 11. The zero-order valence-corrected chi connectivity index (χ0v) is 16.3. The molecule has 0 radical (unpaired) electrons. The van der Waals surface area contributed by atoms with Crippen molar-refractivity contribution in [2.45, 2.75) is 56.1 Å². The van der Waals surface area contributed by atoms with Crippen molar-refractivity contribution in [2.24, 2.45) is 0 Å². The van der Waals surface area contributed by atoms with Gasteiger partial charge in [0, 0.05) is 21.8 Å². The van der Waals surface area contributed by atoms with E-state index < -0.39 is 0 Å². The van der Waals surface area contributed by atoms with Gasteiger partial charge in [-0.15, -0.1) is 0 Å². The standard InChI is InChI=1S/C17H26Br2O2/c1-3-4-5-6-7-8-9-21-17-11-14(12-18)16(20-2)10-15(17)13-19/h10-11H,3-9,12-13H2,1-2H3. The minimum Gasteiger partial charge on any atom is -0.496 e. The molecule has 1 aromatic carbocycles. The normalized spacial score (nSPS) is 10.7. The van der Waals surface area contributed by atoms with Crippen molar-refractivity contribution in [3.05, 3.63) is 23.3 Å². The molecule has 0 N–H and O–H groups in total. The molecule has 21 heavy (non-hydrogen) atoms. The fraction of sp³-hybridized carbons (Fsp3) is 0.647. The summed E-state index contributed by atoms with van der Waals surface area (Å²) in [7, 11) is 1.70. The van der Waals surface area contributed by atoms with Crippen LogP contribution in [-0.4, -0.2) is 13.7 Å². The summed E-state index contributed by atoms with van der Waals surface area (Å²) in [4.78, 5) is 0. The molecule has 1 rings (SSSR count). The molecule has 0 aromatic heterocycles. The van der Waals surface area contributed by atoms with Crippen LogP contribution in [0.4, 0.5) is 0 Å². The average molecular weight is 422 g/mol. The van der Waals surface area contributed by atoms with E-state index in [4.69, 9.17) is 9.47 Å². The topological polar surface area (TPSA) is 18.5 Å². The summed E-state index contributed by atoms with van der Waals surface area (Å²) < 4.78 is 11.4. The smallest absolute Gasteiger partial charge is 0.123 e. The predicted molar refractivity (Wildman–Crippen MR) is 97.1 cm³/mol. The van der Waals surface area contributed by atoms with Gasteiger partial charge < -0.3 is 9.47 Å². The van der Waals surface area contributed by atoms with Gasteiger partial charge in [-0.3, -0.25) is 0 Å². The van der Waals surface area contributed by atoms with Crippen LogP contribution in [0.15, 0.2) is 12.1 Å². The van der Waals surface area contributed by atoms with Crippen molar-refractivity contribution in [1.29, 1.82) is 0 Å². The Kier molecular flexibility index (Phi) is 10.2. The number of halogens is 2. The number of hydrogen-bond acceptors (Lipinski definition) is 2. The van der Waals surface area contributed by atoms with Crippen LogP contribution in [0.3, 0.4) is 0 Å². The molecule has 0 unspecified atom stereocenters. The number of benzene rings is 1. The third-order valence-corrected chi connectivity index (χ3v) is 4.72. The summed E-state index contributed by atoms with van der Waals surface area (Å²) in [5.41, 5.74) is 2.27. The molecule has 1 aromatic rings. The summed E-state index contributed by atoms with van der Waals surface area (Å²) in [6.07, 6.45) is 7.69. The lowest BCUT2D eigenvalue weighted by Gasteiger charge is -2.14. The highest BCUT2D eigenvalue weighted by atomic mass is 79.9. The molecular weight excluding hydrogens is 396 g/mol. The van der Waals surface area contributed by atoms with Crippen LogP contribution in [0, 0.1) is 0 Å². The van der Waals surface area contributed by atoms with Crippen LogP contribution >= 0.6 is 31.9 Å². The van der Waals surface area contributed by atoms with Crippen molar-refractivity contribution in [3.8, 4) is 11.5 Å². The van der Waals surface area contributed by atoms with Crippen LogP contribution in [0.1, 0.15) is 56.6 Å². The van der Waals surface area contributed by atoms with E-state index in [1.807, 2.05) is 0 Å². The van der Waals surface area contributed by atoms with E-state index in [2.05, 4.69) is 50.9 Å². The Morgan fingerprint density at radius 3 is 2.05 bits per heavy atom. The molecule has 0 amide bonds. The maximum absolute atomic E-state index is 5.97. The monoisotopic (exact) mass is 420 g/mol. The molecule has 120 valence electrons. The molecule has 0 spiro atoms. The number of methoxy groups -OCH3 is 1. The predicted octanol–water partition coefficient (Wildman–Crippen LogP) is 6.22. The first kappa shape index (κ1) is 18.8. The first-order chi connectivity index (χ1) is 10.3. The number of unbranched alkanes of at least 4 members (excludes halogenated alkanes) is 5. The molecular formula is C17H26Br2O2. The summed E-state index contributed by atoms with van der Waals surface area (Å²) in [5.74, 6) is 1.88. The molecule has 0 saturated carbocycles. The highest BCUT2D eigenvalue weighted by molar-refractivity contribution is 9.08. The maximum Gasteiger partial charge on any atom is 0.123 e. The molecule has 0 bridgehead atoms. The summed E-state index contributed by atoms with van der Waals surface area (Å²) in [5, 5.41) is 1.55. The molecule has 0 atom stereocenters. The fourth-order valence-electron chi connectivity index (χ4n) is 2.24. The van der Waals surface area contributed by atoms with Crippen molar-refractivity contribution >= 4 is 31.9 Å². The Labute approximate surface area is 145 Å². The van der Waals surface area contributed by atoms with Gasteiger partial charge in [0.05, 0.1) is 13.7 Å². The van der Waals surface area contributed by atoms with E-state index >= 15 is 0 Å². The lowest BCUT2D eigenvalue weighted by atomic mass is 10.1. The lowest BCUT2D eigenvalue weighted by molar-refractivity contribution is 0.301. The van der Waals surface area contributed by atoms with Crippen LogP contribution in [0.25, 0.3) is 0 Å². The molecule has 2 nitrogen and oxygen atoms in total. The van der Waals surface area contributed by atoms with Gasteiger partial charge in [-0.25, -0.2) is 0 Å². The lowest BCUT2D eigenvalue weighted by Crippen LogP contribution is -2.02. The van der Waals surface area contributed by atoms with Gasteiger partial charge >= 0.3 is 0 Å². The molecule has 0 heterocycles. The second kappa shape index (κ2) is 11.4. The van der Waals surface area contributed by atoms with Crippen molar-refractivity contribution in [1.82, 2.24) is 0 Å². The van der Waals surface area contributed by atoms with Gasteiger partial charge in [0.2, 0.25) is 0 Å². The largest absolute Gasteiger partial charge is 0.496 e. The summed E-state index contributed by atoms with van der Waals surface area (Å²) >= 11 is 7.02. The van der Waals surface area contributed by atoms with Crippen LogP contribution in [-0.2, 0) is 10.7 Å². The molecule has 0 fully saturated rings. The molecule has 4 heteroatoms. The Morgan fingerprint density at radius 2 is 1.43 bits per heavy atom. The second-order valence-corrected chi connectivity index (χ2v) is 6.28. The molecule has 0 aliphatic heterocycles. The second-order valence-electron chi connectivity index (χ2n) is 5.16. The van der Waals surface area contributed by atoms with Gasteiger partial charge in [-0.1, -0.05) is 70.9 Å². The van der Waals surface area contributed by atoms with E-state index in [-0.39, 0.29) is 0 Å². The van der Waals surface area contributed by atoms with Crippen molar-refractivity contribution < 1.29 is 9.47 Å². The van der Waals surface area contributed by atoms with Crippen LogP contribution in [0.5, 0.6) is 11.5 Å². The minimum absolute atomic E-state index is 0.770. The summed E-state index contributed by atoms with van der Waals surface area (Å²) in [6, 6.07) is 4.14. The van der Waals surface area contributed by atoms with Gasteiger partial charge in [0.15, 0.2) is 0 Å². The number of alkyl halides is 2. The Morgan fingerprint density at radius 1 is 0.857 bits per heavy atom. The Balaban J connectivity index is 2.49. The quantitative estimate of drug-likeness (QED) is 0.311. The van der Waals surface area contributed by atoms with Crippen LogP contribution in [0.2, 0.25) is 0 Å². The van der Waals surface area contributed by atoms with E-state index in [9.17, 15) is 0 Å². The van der Waals surface area contributed by atoms with Crippen LogP contribution < -0.4 is 9.47 Å². The highest BCUT2D eigenvalue weighted by Gasteiger charge is 2.10. The highest BCUT2D eigenvalue weighted by Crippen LogP contribution is 2.32. The zero-order valence-electron chi connectivity index (χ0n) is 13.1. The first-order valence-corrected chi connectivity index (χ1v) is 9.95. The zero-order chi connectivity index (χ0) is 15.5. The average Bonchev–Trinajstić information content (AvgIpc) is 2.53. The van der Waals surface area contributed by atoms with E-state index in [0.717, 1.165) is 46.3 Å². The third kappa shape index (κ3) is 6.60. The Hall–Kier alpha value is -0.220. The van der Waals surface area contributed by atoms with E-state index in [1.165, 1.54) is 32.1 Å². The van der Waals surface area contributed by atoms with Gasteiger partial charge in [-0.05, 0) is 18.6 Å². The SMILES string of the molecule is CCCCCCCCOc1cc(CBr)c(OC)cc1CBr. The molecule has 0 aliphatic rings. The summed E-state index contributed by atoms with van der Waals surface area (Å²) in [6.45, 7) is 3.04. The molecule has 0 saturated heterocycles.